The zero-order chi connectivity index (χ0) is 28.5. The van der Waals surface area contributed by atoms with Gasteiger partial charge >= 0.3 is 6.61 Å². The minimum Gasteiger partial charge on any atom is -0.435 e. The molecule has 0 unspecified atom stereocenters. The fraction of sp³-hybridized carbons (Fsp3) is 0.500. The van der Waals surface area contributed by atoms with Crippen LogP contribution in [0.15, 0.2) is 36.8 Å². The van der Waals surface area contributed by atoms with E-state index in [1.807, 2.05) is 4.90 Å². The fourth-order valence-electron chi connectivity index (χ4n) is 5.14. The molecule has 14 heteroatoms. The highest BCUT2D eigenvalue weighted by atomic mass is 19.3. The molecular formula is C26H33F2N9O3. The monoisotopic (exact) mass is 557 g/mol. The molecule has 0 atom stereocenters. The number of nitrogens with zero attached hydrogens (tertiary/aromatic N) is 7. The van der Waals surface area contributed by atoms with Crippen LogP contribution >= 0.6 is 0 Å². The molecule has 0 aliphatic carbocycles. The summed E-state index contributed by atoms with van der Waals surface area (Å²) in [7, 11) is 0. The largest absolute Gasteiger partial charge is 0.435 e. The molecule has 0 aromatic carbocycles. The number of nitrogens with two attached hydrogens (primary N) is 1. The first kappa shape index (κ1) is 27.6. The van der Waals surface area contributed by atoms with E-state index >= 15 is 0 Å². The minimum absolute atomic E-state index is 0.0241. The number of rotatable bonds is 9. The maximum absolute atomic E-state index is 12.7. The van der Waals surface area contributed by atoms with Crippen LogP contribution < -0.4 is 20.7 Å². The number of nitrogens with one attached hydrogen (secondary N) is 1. The second-order valence-electron chi connectivity index (χ2n) is 11.0. The summed E-state index contributed by atoms with van der Waals surface area (Å²) in [5.41, 5.74) is 5.33. The zero-order valence-corrected chi connectivity index (χ0v) is 22.4. The molecule has 2 saturated heterocycles. The summed E-state index contributed by atoms with van der Waals surface area (Å²) in [6.45, 7) is 3.69. The maximum atomic E-state index is 12.7. The molecule has 1 amide bonds. The summed E-state index contributed by atoms with van der Waals surface area (Å²) in [6.07, 6.45) is 6.54. The lowest BCUT2D eigenvalue weighted by molar-refractivity contribution is -0.132. The molecule has 2 aliphatic rings. The molecule has 40 heavy (non-hydrogen) atoms. The predicted octanol–water partition coefficient (Wildman–Crippen LogP) is 2.24. The van der Waals surface area contributed by atoms with Crippen molar-refractivity contribution in [2.45, 2.75) is 45.4 Å². The van der Waals surface area contributed by atoms with Gasteiger partial charge in [0.05, 0.1) is 30.5 Å². The number of halogens is 2. The summed E-state index contributed by atoms with van der Waals surface area (Å²) in [5, 5.41) is 17.6. The highest BCUT2D eigenvalue weighted by Crippen LogP contribution is 2.43. The number of aliphatic hydroxyl groups is 1. The van der Waals surface area contributed by atoms with Crippen LogP contribution in [0, 0.1) is 5.41 Å². The van der Waals surface area contributed by atoms with E-state index in [2.05, 4.69) is 30.0 Å². The molecule has 2 aliphatic heterocycles. The van der Waals surface area contributed by atoms with E-state index in [1.54, 1.807) is 37.0 Å². The molecule has 12 nitrogen and oxygen atoms in total. The van der Waals surface area contributed by atoms with Crippen molar-refractivity contribution in [2.24, 2.45) is 11.1 Å². The number of hydrogen-bond donors (Lipinski definition) is 3. The van der Waals surface area contributed by atoms with Gasteiger partial charge in [-0.25, -0.2) is 15.0 Å². The van der Waals surface area contributed by atoms with Crippen LogP contribution in [0.5, 0.6) is 5.75 Å². The summed E-state index contributed by atoms with van der Waals surface area (Å²) in [6, 6.07) is 4.49. The third-order valence-electron chi connectivity index (χ3n) is 7.09. The molecule has 0 bridgehead atoms. The van der Waals surface area contributed by atoms with E-state index < -0.39 is 12.2 Å². The second-order valence-corrected chi connectivity index (χ2v) is 11.0. The summed E-state index contributed by atoms with van der Waals surface area (Å²) in [5.74, 6) is 1.74. The van der Waals surface area contributed by atoms with E-state index in [0.717, 1.165) is 25.9 Å². The van der Waals surface area contributed by atoms with Crippen LogP contribution in [-0.2, 0) is 11.3 Å². The van der Waals surface area contributed by atoms with Crippen molar-refractivity contribution < 1.29 is 23.4 Å². The van der Waals surface area contributed by atoms with E-state index in [0.29, 0.717) is 36.1 Å². The molecule has 2 fully saturated rings. The lowest BCUT2D eigenvalue weighted by Crippen LogP contribution is -2.61. The van der Waals surface area contributed by atoms with Crippen molar-refractivity contribution >= 4 is 23.4 Å². The predicted molar refractivity (Wildman–Crippen MR) is 143 cm³/mol. The zero-order valence-electron chi connectivity index (χ0n) is 22.4. The number of carbonyl (C=O) groups is 1. The van der Waals surface area contributed by atoms with E-state index in [9.17, 15) is 18.7 Å². The maximum Gasteiger partial charge on any atom is 0.387 e. The smallest absolute Gasteiger partial charge is 0.387 e. The number of piperidine rings is 1. The molecule has 214 valence electrons. The van der Waals surface area contributed by atoms with Gasteiger partial charge in [0, 0.05) is 56.1 Å². The topological polar surface area (TPSA) is 148 Å². The van der Waals surface area contributed by atoms with Crippen LogP contribution in [-0.4, -0.2) is 85.6 Å². The van der Waals surface area contributed by atoms with Gasteiger partial charge in [-0.05, 0) is 32.8 Å². The molecule has 3 aromatic heterocycles. The SMILES string of the molecule is CC(C)(O)Cn1cc(-c2nc(Nc3cc(OC(F)F)ccn3)cc(N3CC4(CCN(C(=O)CN)CC4)C3)n2)cn1. The molecule has 0 saturated carbocycles. The number of hydrogen-bond acceptors (Lipinski definition) is 10. The van der Waals surface area contributed by atoms with Gasteiger partial charge in [0.15, 0.2) is 5.82 Å². The first-order chi connectivity index (χ1) is 19.0. The first-order valence-electron chi connectivity index (χ1n) is 13.1. The average molecular weight is 558 g/mol. The quantitative estimate of drug-likeness (QED) is 0.358. The highest BCUT2D eigenvalue weighted by Gasteiger charge is 2.46. The van der Waals surface area contributed by atoms with Crippen molar-refractivity contribution in [3.63, 3.8) is 0 Å². The van der Waals surface area contributed by atoms with Gasteiger partial charge in [-0.2, -0.15) is 13.9 Å². The van der Waals surface area contributed by atoms with Gasteiger partial charge in [0.25, 0.3) is 0 Å². The Bertz CT molecular complexity index is 1350. The van der Waals surface area contributed by atoms with Crippen LogP contribution in [0.3, 0.4) is 0 Å². The summed E-state index contributed by atoms with van der Waals surface area (Å²) < 4.78 is 31.5. The lowest BCUT2D eigenvalue weighted by atomic mass is 9.72. The van der Waals surface area contributed by atoms with Gasteiger partial charge in [-0.15, -0.1) is 0 Å². The van der Waals surface area contributed by atoms with Crippen molar-refractivity contribution in [2.75, 3.05) is 42.9 Å². The van der Waals surface area contributed by atoms with Gasteiger partial charge in [-0.1, -0.05) is 0 Å². The second kappa shape index (κ2) is 10.9. The van der Waals surface area contributed by atoms with Crippen LogP contribution in [0.1, 0.15) is 26.7 Å². The van der Waals surface area contributed by atoms with Crippen LogP contribution in [0.25, 0.3) is 11.4 Å². The third kappa shape index (κ3) is 6.45. The summed E-state index contributed by atoms with van der Waals surface area (Å²) in [4.78, 5) is 29.6. The Balaban J connectivity index is 1.38. The van der Waals surface area contributed by atoms with Crippen molar-refractivity contribution in [1.29, 1.82) is 0 Å². The average Bonchev–Trinajstić information content (AvgIpc) is 3.33. The molecule has 0 radical (unpaired) electrons. The Labute approximate surface area is 230 Å². The Morgan fingerprint density at radius 3 is 2.65 bits per heavy atom. The van der Waals surface area contributed by atoms with Gasteiger partial charge in [0.1, 0.15) is 23.2 Å². The lowest BCUT2D eigenvalue weighted by Gasteiger charge is -2.54. The summed E-state index contributed by atoms with van der Waals surface area (Å²) >= 11 is 0. The molecule has 4 N–H and O–H groups in total. The molecular weight excluding hydrogens is 524 g/mol. The van der Waals surface area contributed by atoms with Gasteiger partial charge in [0.2, 0.25) is 5.91 Å². The number of likely N-dealkylation sites (tertiary alicyclic amines) is 1. The number of anilines is 3. The van der Waals surface area contributed by atoms with E-state index in [4.69, 9.17) is 10.7 Å². The molecule has 1 spiro atoms. The molecule has 5 heterocycles. The van der Waals surface area contributed by atoms with Crippen LogP contribution in [0.4, 0.5) is 26.2 Å². The number of aromatic nitrogens is 5. The Kier molecular flexibility index (Phi) is 7.55. The Morgan fingerprint density at radius 1 is 1.23 bits per heavy atom. The van der Waals surface area contributed by atoms with Gasteiger partial charge < -0.3 is 30.7 Å². The molecule has 5 rings (SSSR count). The number of carbonyl (C=O) groups excluding carboxylic acids is 1. The Morgan fingerprint density at radius 2 is 1.98 bits per heavy atom. The number of alkyl halides is 2. The fourth-order valence-corrected chi connectivity index (χ4v) is 5.14. The van der Waals surface area contributed by atoms with E-state index in [1.165, 1.54) is 18.3 Å². The normalized spacial score (nSPS) is 16.8. The highest BCUT2D eigenvalue weighted by molar-refractivity contribution is 5.78. The number of pyridine rings is 1. The Hall–Kier alpha value is -3.91. The molecule has 3 aromatic rings. The van der Waals surface area contributed by atoms with Crippen molar-refractivity contribution in [3.8, 4) is 17.1 Å². The number of ether oxygens (including phenoxy) is 1. The van der Waals surface area contributed by atoms with E-state index in [-0.39, 0.29) is 36.0 Å². The number of amides is 1. The minimum atomic E-state index is -2.95. The first-order valence-corrected chi connectivity index (χ1v) is 13.1. The standard InChI is InChI=1S/C26H33F2N9O3/c1-25(2,39)14-37-13-17(12-31-37)23-33-20(32-19-9-18(3-6-30-19)40-24(27)28)10-21(34-23)36-15-26(16-36)4-7-35(8-5-26)22(38)11-29/h3,6,9-10,12-13,24,39H,4-5,7-8,11,14-16,29H2,1-2H3,(H,30,32,33,34). The van der Waals surface area contributed by atoms with Crippen molar-refractivity contribution in [3.05, 3.63) is 36.8 Å². The van der Waals surface area contributed by atoms with Gasteiger partial charge in [-0.3, -0.25) is 9.48 Å². The van der Waals surface area contributed by atoms with Crippen LogP contribution in [0.2, 0.25) is 0 Å². The third-order valence-corrected chi connectivity index (χ3v) is 7.09. The van der Waals surface area contributed by atoms with Crippen molar-refractivity contribution in [1.82, 2.24) is 29.6 Å².